The van der Waals surface area contributed by atoms with E-state index >= 15 is 0 Å². The number of carbonyl (C=O) groups is 1. The van der Waals surface area contributed by atoms with Gasteiger partial charge in [-0.05, 0) is 35.8 Å². The highest BCUT2D eigenvalue weighted by Gasteiger charge is 2.03. The van der Waals surface area contributed by atoms with E-state index in [1.807, 2.05) is 42.7 Å². The molecule has 1 amide bonds. The molecule has 0 fully saturated rings. The van der Waals surface area contributed by atoms with Crippen molar-refractivity contribution >= 4 is 23.0 Å². The number of carbonyl (C=O) groups excluding carboxylic acids is 1. The number of nitrogens with zero attached hydrogens (tertiary/aromatic N) is 2. The Morgan fingerprint density at radius 2 is 2.04 bits per heavy atom. The van der Waals surface area contributed by atoms with Crippen LogP contribution in [0.25, 0.3) is 17.1 Å². The van der Waals surface area contributed by atoms with E-state index in [4.69, 9.17) is 5.21 Å². The summed E-state index contributed by atoms with van der Waals surface area (Å²) in [6.45, 7) is 0.864. The van der Waals surface area contributed by atoms with Gasteiger partial charge < -0.3 is 4.57 Å². The molecule has 0 aliphatic heterocycles. The number of fused-ring (bicyclic) bond motifs is 1. The second-order valence-electron chi connectivity index (χ2n) is 5.23. The van der Waals surface area contributed by atoms with Crippen LogP contribution in [0, 0.1) is 0 Å². The number of benzene rings is 2. The van der Waals surface area contributed by atoms with Gasteiger partial charge >= 0.3 is 0 Å². The minimum atomic E-state index is -0.557. The lowest BCUT2D eigenvalue weighted by molar-refractivity contribution is -0.124. The molecule has 3 rings (SSSR count). The van der Waals surface area contributed by atoms with E-state index < -0.39 is 5.91 Å². The Kier molecular flexibility index (Phi) is 4.49. The summed E-state index contributed by atoms with van der Waals surface area (Å²) in [7, 11) is 0. The second kappa shape index (κ2) is 6.89. The lowest BCUT2D eigenvalue weighted by Gasteiger charge is -2.05. The van der Waals surface area contributed by atoms with Gasteiger partial charge in [0.15, 0.2) is 0 Å². The van der Waals surface area contributed by atoms with Crippen molar-refractivity contribution in [1.82, 2.24) is 15.0 Å². The number of rotatable bonds is 5. The molecule has 0 spiro atoms. The van der Waals surface area contributed by atoms with Crippen molar-refractivity contribution in [3.63, 3.8) is 0 Å². The van der Waals surface area contributed by atoms with Gasteiger partial charge in [0.25, 0.3) is 5.91 Å². The zero-order valence-electron chi connectivity index (χ0n) is 12.5. The van der Waals surface area contributed by atoms with Gasteiger partial charge in [-0.15, -0.1) is 0 Å². The molecule has 1 aromatic heterocycles. The zero-order valence-corrected chi connectivity index (χ0v) is 12.5. The molecule has 0 saturated carbocycles. The summed E-state index contributed by atoms with van der Waals surface area (Å²) in [5, 5.41) is 8.47. The summed E-state index contributed by atoms with van der Waals surface area (Å²) in [5.41, 5.74) is 5.65. The second-order valence-corrected chi connectivity index (χ2v) is 5.23. The van der Waals surface area contributed by atoms with Gasteiger partial charge in [0, 0.05) is 12.6 Å². The molecule has 2 N–H and O–H groups in total. The molecule has 0 unspecified atom stereocenters. The first-order chi connectivity index (χ1) is 11.3. The first-order valence-electron chi connectivity index (χ1n) is 7.37. The molecule has 116 valence electrons. The summed E-state index contributed by atoms with van der Waals surface area (Å²) in [5.74, 6) is -0.557. The summed E-state index contributed by atoms with van der Waals surface area (Å²) in [6.07, 6.45) is 5.69. The maximum atomic E-state index is 11.0. The van der Waals surface area contributed by atoms with Crippen LogP contribution in [0.4, 0.5) is 0 Å². The highest BCUT2D eigenvalue weighted by molar-refractivity contribution is 5.91. The van der Waals surface area contributed by atoms with Crippen LogP contribution in [0.15, 0.2) is 60.9 Å². The van der Waals surface area contributed by atoms with Crippen LogP contribution in [-0.4, -0.2) is 20.7 Å². The predicted octanol–water partition coefficient (Wildman–Crippen LogP) is 2.80. The predicted molar refractivity (Wildman–Crippen MR) is 88.8 cm³/mol. The van der Waals surface area contributed by atoms with Gasteiger partial charge in [0.05, 0.1) is 17.4 Å². The molecule has 0 bridgehead atoms. The molecule has 1 heterocycles. The Labute approximate surface area is 133 Å². The lowest BCUT2D eigenvalue weighted by atomic mass is 10.1. The number of aromatic nitrogens is 2. The molecule has 0 radical (unpaired) electrons. The SMILES string of the molecule is O=C(C=Cc1ccc2c(c1)ncn2CCc1ccccc1)NO. The van der Waals surface area contributed by atoms with Crippen molar-refractivity contribution in [2.75, 3.05) is 0 Å². The third-order valence-corrected chi connectivity index (χ3v) is 3.67. The number of imidazole rings is 1. The quantitative estimate of drug-likeness (QED) is 0.433. The van der Waals surface area contributed by atoms with E-state index in [-0.39, 0.29) is 0 Å². The van der Waals surface area contributed by atoms with E-state index in [0.717, 1.165) is 29.6 Å². The van der Waals surface area contributed by atoms with E-state index in [2.05, 4.69) is 21.7 Å². The minimum Gasteiger partial charge on any atom is -0.330 e. The zero-order chi connectivity index (χ0) is 16.1. The van der Waals surface area contributed by atoms with Gasteiger partial charge in [-0.3, -0.25) is 10.0 Å². The summed E-state index contributed by atoms with van der Waals surface area (Å²) < 4.78 is 2.12. The van der Waals surface area contributed by atoms with Gasteiger partial charge in [-0.25, -0.2) is 10.5 Å². The number of hydroxylamine groups is 1. The van der Waals surface area contributed by atoms with Crippen molar-refractivity contribution in [3.05, 3.63) is 72.1 Å². The van der Waals surface area contributed by atoms with Crippen LogP contribution in [0.3, 0.4) is 0 Å². The topological polar surface area (TPSA) is 67.2 Å². The van der Waals surface area contributed by atoms with Gasteiger partial charge in [-0.2, -0.15) is 0 Å². The largest absolute Gasteiger partial charge is 0.330 e. The third kappa shape index (κ3) is 3.64. The fourth-order valence-electron chi connectivity index (χ4n) is 2.47. The Morgan fingerprint density at radius 1 is 1.22 bits per heavy atom. The van der Waals surface area contributed by atoms with Gasteiger partial charge in [0.1, 0.15) is 0 Å². The van der Waals surface area contributed by atoms with Crippen molar-refractivity contribution in [2.45, 2.75) is 13.0 Å². The molecular formula is C18H17N3O2. The Bertz CT molecular complexity index is 838. The van der Waals surface area contributed by atoms with Gasteiger partial charge in [-0.1, -0.05) is 36.4 Å². The highest BCUT2D eigenvalue weighted by Crippen LogP contribution is 2.16. The molecule has 5 heteroatoms. The van der Waals surface area contributed by atoms with Crippen molar-refractivity contribution in [2.24, 2.45) is 0 Å². The average Bonchev–Trinajstić information content (AvgIpc) is 3.01. The van der Waals surface area contributed by atoms with Gasteiger partial charge in [0.2, 0.25) is 0 Å². The van der Waals surface area contributed by atoms with Crippen molar-refractivity contribution in [3.8, 4) is 0 Å². The van der Waals surface area contributed by atoms with Crippen molar-refractivity contribution < 1.29 is 10.0 Å². The number of nitrogens with one attached hydrogen (secondary N) is 1. The molecular weight excluding hydrogens is 290 g/mol. The normalized spacial score (nSPS) is 11.2. The fourth-order valence-corrected chi connectivity index (χ4v) is 2.47. The molecule has 0 saturated heterocycles. The molecule has 5 nitrogen and oxygen atoms in total. The van der Waals surface area contributed by atoms with E-state index in [1.165, 1.54) is 11.6 Å². The maximum absolute atomic E-state index is 11.0. The molecule has 3 aromatic rings. The standard InChI is InChI=1S/C18H17N3O2/c22-18(20-23)9-7-15-6-8-17-16(12-15)19-13-21(17)11-10-14-4-2-1-3-5-14/h1-9,12-13,23H,10-11H2,(H,20,22). The van der Waals surface area contributed by atoms with Crippen LogP contribution < -0.4 is 5.48 Å². The van der Waals surface area contributed by atoms with Crippen LogP contribution in [0.2, 0.25) is 0 Å². The number of aryl methyl sites for hydroxylation is 2. The van der Waals surface area contributed by atoms with Crippen LogP contribution >= 0.6 is 0 Å². The van der Waals surface area contributed by atoms with Crippen LogP contribution in [-0.2, 0) is 17.8 Å². The number of hydrogen-bond acceptors (Lipinski definition) is 3. The highest BCUT2D eigenvalue weighted by atomic mass is 16.5. The molecule has 2 aromatic carbocycles. The molecule has 0 aliphatic carbocycles. The fraction of sp³-hybridized carbons (Fsp3) is 0.111. The van der Waals surface area contributed by atoms with E-state index in [9.17, 15) is 4.79 Å². The summed E-state index contributed by atoms with van der Waals surface area (Å²) in [6, 6.07) is 16.2. The molecule has 0 aliphatic rings. The molecule has 0 atom stereocenters. The molecule has 23 heavy (non-hydrogen) atoms. The first kappa shape index (κ1) is 15.0. The van der Waals surface area contributed by atoms with Crippen LogP contribution in [0.1, 0.15) is 11.1 Å². The third-order valence-electron chi connectivity index (χ3n) is 3.67. The average molecular weight is 307 g/mol. The van der Waals surface area contributed by atoms with Crippen LogP contribution in [0.5, 0.6) is 0 Å². The van der Waals surface area contributed by atoms with Crippen molar-refractivity contribution in [1.29, 1.82) is 0 Å². The smallest absolute Gasteiger partial charge is 0.267 e. The Balaban J connectivity index is 1.76. The lowest BCUT2D eigenvalue weighted by Crippen LogP contribution is -2.14. The minimum absolute atomic E-state index is 0.557. The Hall–Kier alpha value is -2.92. The number of amides is 1. The first-order valence-corrected chi connectivity index (χ1v) is 7.37. The Morgan fingerprint density at radius 3 is 2.83 bits per heavy atom. The maximum Gasteiger partial charge on any atom is 0.267 e. The summed E-state index contributed by atoms with van der Waals surface area (Å²) >= 11 is 0. The number of hydrogen-bond donors (Lipinski definition) is 2. The summed E-state index contributed by atoms with van der Waals surface area (Å²) in [4.78, 5) is 15.4. The monoisotopic (exact) mass is 307 g/mol. The van der Waals surface area contributed by atoms with E-state index in [1.54, 1.807) is 11.6 Å². The van der Waals surface area contributed by atoms with E-state index in [0.29, 0.717) is 0 Å².